The van der Waals surface area contributed by atoms with Crippen molar-refractivity contribution in [3.05, 3.63) is 64.1 Å². The number of benzene rings is 2. The van der Waals surface area contributed by atoms with Crippen molar-refractivity contribution in [1.29, 1.82) is 0 Å². The van der Waals surface area contributed by atoms with Crippen molar-refractivity contribution in [3.63, 3.8) is 0 Å². The SMILES string of the molecule is Cn1c(=O)n(-c2ccc(CC(N)C(=O)O)cc2)c2c(F)c(F)ccc21. The number of aryl methyl sites for hydroxylation is 1. The Bertz CT molecular complexity index is 1020. The van der Waals surface area contributed by atoms with E-state index in [9.17, 15) is 18.4 Å². The van der Waals surface area contributed by atoms with E-state index in [0.29, 0.717) is 11.3 Å². The zero-order valence-corrected chi connectivity index (χ0v) is 13.2. The van der Waals surface area contributed by atoms with E-state index in [1.165, 1.54) is 29.8 Å². The first-order chi connectivity index (χ1) is 11.8. The number of aromatic nitrogens is 2. The van der Waals surface area contributed by atoms with E-state index in [1.54, 1.807) is 12.1 Å². The van der Waals surface area contributed by atoms with E-state index >= 15 is 0 Å². The lowest BCUT2D eigenvalue weighted by molar-refractivity contribution is -0.138. The number of nitrogens with zero attached hydrogens (tertiary/aromatic N) is 2. The molecule has 1 heterocycles. The zero-order chi connectivity index (χ0) is 18.3. The van der Waals surface area contributed by atoms with Gasteiger partial charge in [-0.1, -0.05) is 12.1 Å². The molecule has 3 N–H and O–H groups in total. The van der Waals surface area contributed by atoms with Gasteiger partial charge in [0.1, 0.15) is 11.6 Å². The molecule has 25 heavy (non-hydrogen) atoms. The van der Waals surface area contributed by atoms with Gasteiger partial charge in [0.25, 0.3) is 0 Å². The van der Waals surface area contributed by atoms with Crippen LogP contribution in [-0.2, 0) is 18.3 Å². The Kier molecular flexibility index (Phi) is 4.13. The largest absolute Gasteiger partial charge is 0.480 e. The molecule has 0 aliphatic heterocycles. The summed E-state index contributed by atoms with van der Waals surface area (Å²) in [6, 6.07) is 7.53. The highest BCUT2D eigenvalue weighted by molar-refractivity contribution is 5.79. The average molecular weight is 347 g/mol. The van der Waals surface area contributed by atoms with Crippen LogP contribution in [0, 0.1) is 11.6 Å². The van der Waals surface area contributed by atoms with Crippen LogP contribution >= 0.6 is 0 Å². The monoisotopic (exact) mass is 347 g/mol. The highest BCUT2D eigenvalue weighted by Crippen LogP contribution is 2.22. The second kappa shape index (κ2) is 6.14. The maximum Gasteiger partial charge on any atom is 0.333 e. The first kappa shape index (κ1) is 16.8. The molecule has 0 aliphatic rings. The molecule has 1 aromatic heterocycles. The highest BCUT2D eigenvalue weighted by Gasteiger charge is 2.19. The quantitative estimate of drug-likeness (QED) is 0.749. The normalized spacial score (nSPS) is 12.5. The van der Waals surface area contributed by atoms with Crippen molar-refractivity contribution in [3.8, 4) is 5.69 Å². The Morgan fingerprint density at radius 3 is 2.44 bits per heavy atom. The van der Waals surface area contributed by atoms with E-state index in [0.717, 1.165) is 10.6 Å². The number of hydrogen-bond acceptors (Lipinski definition) is 3. The predicted octanol–water partition coefficient (Wildman–Crippen LogP) is 1.56. The maximum atomic E-state index is 14.2. The molecule has 6 nitrogen and oxygen atoms in total. The van der Waals surface area contributed by atoms with Gasteiger partial charge in [-0.15, -0.1) is 0 Å². The topological polar surface area (TPSA) is 90.3 Å². The standard InChI is InChI=1S/C17H15F2N3O3/c1-21-13-7-6-11(18)14(19)15(13)22(17(21)25)10-4-2-9(3-5-10)8-12(20)16(23)24/h2-7,12H,8,20H2,1H3,(H,23,24). The molecule has 1 atom stereocenters. The minimum Gasteiger partial charge on any atom is -0.480 e. The third-order valence-corrected chi connectivity index (χ3v) is 4.08. The van der Waals surface area contributed by atoms with E-state index < -0.39 is 29.3 Å². The number of fused-ring (bicyclic) bond motifs is 1. The summed E-state index contributed by atoms with van der Waals surface area (Å²) in [5.74, 6) is -3.27. The number of carbonyl (C=O) groups is 1. The fourth-order valence-corrected chi connectivity index (χ4v) is 2.72. The molecule has 3 aromatic rings. The van der Waals surface area contributed by atoms with E-state index in [-0.39, 0.29) is 17.5 Å². The van der Waals surface area contributed by atoms with Crippen molar-refractivity contribution in [2.24, 2.45) is 12.8 Å². The van der Waals surface area contributed by atoms with Crippen molar-refractivity contribution in [2.45, 2.75) is 12.5 Å². The molecule has 0 saturated carbocycles. The minimum absolute atomic E-state index is 0.114. The number of nitrogens with two attached hydrogens (primary N) is 1. The number of carboxylic acid groups (broad SMARTS) is 1. The molecule has 130 valence electrons. The van der Waals surface area contributed by atoms with Crippen LogP contribution < -0.4 is 11.4 Å². The Balaban J connectivity index is 2.11. The Labute approximate surface area is 140 Å². The molecule has 0 bridgehead atoms. The lowest BCUT2D eigenvalue weighted by Gasteiger charge is -2.08. The maximum absolute atomic E-state index is 14.2. The zero-order valence-electron chi connectivity index (χ0n) is 13.2. The van der Waals surface area contributed by atoms with Crippen molar-refractivity contribution in [2.75, 3.05) is 0 Å². The second-order valence-corrected chi connectivity index (χ2v) is 5.72. The number of halogens is 2. The van der Waals surface area contributed by atoms with Gasteiger partial charge in [0, 0.05) is 7.05 Å². The fourth-order valence-electron chi connectivity index (χ4n) is 2.72. The van der Waals surface area contributed by atoms with Gasteiger partial charge in [0.15, 0.2) is 11.6 Å². The molecular formula is C17H15F2N3O3. The van der Waals surface area contributed by atoms with Crippen LogP contribution in [0.3, 0.4) is 0 Å². The predicted molar refractivity (Wildman–Crippen MR) is 87.7 cm³/mol. The highest BCUT2D eigenvalue weighted by atomic mass is 19.2. The van der Waals surface area contributed by atoms with E-state index in [1.807, 2.05) is 0 Å². The molecule has 0 spiro atoms. The Hall–Kier alpha value is -3.00. The molecule has 2 aromatic carbocycles. The van der Waals surface area contributed by atoms with Crippen molar-refractivity contribution < 1.29 is 18.7 Å². The molecule has 0 amide bonds. The average Bonchev–Trinajstić information content (AvgIpc) is 2.84. The molecular weight excluding hydrogens is 332 g/mol. The Morgan fingerprint density at radius 1 is 1.20 bits per heavy atom. The molecule has 1 unspecified atom stereocenters. The van der Waals surface area contributed by atoms with Crippen LogP contribution in [0.5, 0.6) is 0 Å². The summed E-state index contributed by atoms with van der Waals surface area (Å²) in [7, 11) is 1.47. The number of rotatable bonds is 4. The van der Waals surface area contributed by atoms with Gasteiger partial charge in [-0.25, -0.2) is 13.6 Å². The van der Waals surface area contributed by atoms with Crippen LogP contribution in [0.15, 0.2) is 41.2 Å². The second-order valence-electron chi connectivity index (χ2n) is 5.72. The fraction of sp³-hybridized carbons (Fsp3) is 0.176. The van der Waals surface area contributed by atoms with Crippen LogP contribution in [0.1, 0.15) is 5.56 Å². The summed E-state index contributed by atoms with van der Waals surface area (Å²) in [5.41, 5.74) is 6.07. The van der Waals surface area contributed by atoms with Crippen molar-refractivity contribution >= 4 is 17.0 Å². The molecule has 8 heteroatoms. The molecule has 0 radical (unpaired) electrons. The van der Waals surface area contributed by atoms with Gasteiger partial charge in [0.05, 0.1) is 11.2 Å². The number of imidazole rings is 1. The minimum atomic E-state index is -1.12. The first-order valence-electron chi connectivity index (χ1n) is 7.44. The summed E-state index contributed by atoms with van der Waals surface area (Å²) < 4.78 is 30.2. The number of hydrogen-bond donors (Lipinski definition) is 2. The summed E-state index contributed by atoms with van der Waals surface area (Å²) in [4.78, 5) is 23.2. The first-order valence-corrected chi connectivity index (χ1v) is 7.44. The summed E-state index contributed by atoms with van der Waals surface area (Å²) in [5, 5.41) is 8.84. The van der Waals surface area contributed by atoms with Gasteiger partial charge in [-0.2, -0.15) is 0 Å². The summed E-state index contributed by atoms with van der Waals surface area (Å²) in [6.45, 7) is 0. The van der Waals surface area contributed by atoms with Gasteiger partial charge < -0.3 is 10.8 Å². The summed E-state index contributed by atoms with van der Waals surface area (Å²) in [6.07, 6.45) is 0.114. The summed E-state index contributed by atoms with van der Waals surface area (Å²) >= 11 is 0. The molecule has 0 fully saturated rings. The van der Waals surface area contributed by atoms with Crippen LogP contribution in [0.25, 0.3) is 16.7 Å². The van der Waals surface area contributed by atoms with Crippen LogP contribution in [-0.4, -0.2) is 26.3 Å². The smallest absolute Gasteiger partial charge is 0.333 e. The lowest BCUT2D eigenvalue weighted by Crippen LogP contribution is -2.32. The lowest BCUT2D eigenvalue weighted by atomic mass is 10.1. The van der Waals surface area contributed by atoms with Gasteiger partial charge in [-0.3, -0.25) is 13.9 Å². The van der Waals surface area contributed by atoms with E-state index in [2.05, 4.69) is 0 Å². The number of carboxylic acids is 1. The number of aliphatic carboxylic acids is 1. The molecule has 0 saturated heterocycles. The van der Waals surface area contributed by atoms with Crippen LogP contribution in [0.2, 0.25) is 0 Å². The third kappa shape index (κ3) is 2.80. The molecule has 0 aliphatic carbocycles. The third-order valence-electron chi connectivity index (χ3n) is 4.08. The van der Waals surface area contributed by atoms with Crippen LogP contribution in [0.4, 0.5) is 8.78 Å². The van der Waals surface area contributed by atoms with E-state index in [4.69, 9.17) is 10.8 Å². The van der Waals surface area contributed by atoms with Gasteiger partial charge in [-0.05, 0) is 36.2 Å². The Morgan fingerprint density at radius 2 is 1.84 bits per heavy atom. The van der Waals surface area contributed by atoms with Gasteiger partial charge in [0.2, 0.25) is 0 Å². The molecule has 3 rings (SSSR count). The van der Waals surface area contributed by atoms with Crippen molar-refractivity contribution in [1.82, 2.24) is 9.13 Å². The van der Waals surface area contributed by atoms with Gasteiger partial charge >= 0.3 is 11.7 Å².